The van der Waals surface area contributed by atoms with E-state index in [1.807, 2.05) is 0 Å². The predicted molar refractivity (Wildman–Crippen MR) is 87.5 cm³/mol. The van der Waals surface area contributed by atoms with Gasteiger partial charge in [0.2, 0.25) is 0 Å². The van der Waals surface area contributed by atoms with Crippen molar-refractivity contribution in [1.29, 1.82) is 0 Å². The lowest BCUT2D eigenvalue weighted by Gasteiger charge is -2.20. The van der Waals surface area contributed by atoms with Crippen LogP contribution in [-0.2, 0) is 32.3 Å². The SMILES string of the molecule is O=C(O)CN(CC(=O)O)Cc1cccc(CN(CC(=O)O)CC(=O)O)c1. The fraction of sp³-hybridized carbons (Fsp3) is 0.375. The molecule has 142 valence electrons. The van der Waals surface area contributed by atoms with E-state index in [0.717, 1.165) is 0 Å². The van der Waals surface area contributed by atoms with Crippen LogP contribution in [0.1, 0.15) is 11.1 Å². The van der Waals surface area contributed by atoms with E-state index in [9.17, 15) is 19.2 Å². The topological polar surface area (TPSA) is 156 Å². The van der Waals surface area contributed by atoms with Crippen LogP contribution in [0.2, 0.25) is 0 Å². The van der Waals surface area contributed by atoms with Crippen molar-refractivity contribution in [3.63, 3.8) is 0 Å². The van der Waals surface area contributed by atoms with Crippen LogP contribution < -0.4 is 0 Å². The Morgan fingerprint density at radius 1 is 0.654 bits per heavy atom. The molecule has 0 unspecified atom stereocenters. The summed E-state index contributed by atoms with van der Waals surface area (Å²) in [7, 11) is 0. The Labute approximate surface area is 148 Å². The Balaban J connectivity index is 2.86. The van der Waals surface area contributed by atoms with E-state index >= 15 is 0 Å². The molecule has 10 heteroatoms. The van der Waals surface area contributed by atoms with E-state index in [4.69, 9.17) is 20.4 Å². The molecule has 0 amide bonds. The zero-order valence-corrected chi connectivity index (χ0v) is 13.9. The van der Waals surface area contributed by atoms with Crippen molar-refractivity contribution in [2.24, 2.45) is 0 Å². The number of carboxylic acid groups (broad SMARTS) is 4. The third kappa shape index (κ3) is 8.76. The lowest BCUT2D eigenvalue weighted by atomic mass is 10.1. The highest BCUT2D eigenvalue weighted by atomic mass is 16.4. The summed E-state index contributed by atoms with van der Waals surface area (Å²) in [5.74, 6) is -4.62. The number of benzene rings is 1. The standard InChI is InChI=1S/C16H20N2O8/c19-13(20)7-17(8-14(21)22)5-11-2-1-3-12(4-11)6-18(9-15(23)24)10-16(25)26/h1-4H,5-10H2,(H,19,20)(H,21,22)(H,23,24)(H,25,26). The first-order chi connectivity index (χ1) is 12.2. The van der Waals surface area contributed by atoms with Gasteiger partial charge in [0, 0.05) is 13.1 Å². The molecule has 4 N–H and O–H groups in total. The van der Waals surface area contributed by atoms with Crippen molar-refractivity contribution < 1.29 is 39.6 Å². The number of carboxylic acids is 4. The normalized spacial score (nSPS) is 10.8. The summed E-state index contributed by atoms with van der Waals surface area (Å²) < 4.78 is 0. The van der Waals surface area contributed by atoms with Gasteiger partial charge in [-0.1, -0.05) is 24.3 Å². The Hall–Kier alpha value is -2.98. The highest BCUT2D eigenvalue weighted by Crippen LogP contribution is 2.11. The van der Waals surface area contributed by atoms with Gasteiger partial charge in [-0.15, -0.1) is 0 Å². The molecular weight excluding hydrogens is 348 g/mol. The number of carbonyl (C=O) groups is 4. The molecule has 0 fully saturated rings. The van der Waals surface area contributed by atoms with Crippen LogP contribution in [0.3, 0.4) is 0 Å². The Morgan fingerprint density at radius 3 is 1.23 bits per heavy atom. The molecule has 0 saturated carbocycles. The van der Waals surface area contributed by atoms with Crippen molar-refractivity contribution in [3.05, 3.63) is 35.4 Å². The second kappa shape index (κ2) is 10.1. The first-order valence-electron chi connectivity index (χ1n) is 7.55. The lowest BCUT2D eigenvalue weighted by Crippen LogP contribution is -2.34. The largest absolute Gasteiger partial charge is 0.480 e. The molecule has 0 aliphatic heterocycles. The smallest absolute Gasteiger partial charge is 0.317 e. The molecule has 1 aromatic rings. The van der Waals surface area contributed by atoms with Gasteiger partial charge in [-0.2, -0.15) is 0 Å². The summed E-state index contributed by atoms with van der Waals surface area (Å²) in [6, 6.07) is 6.68. The number of nitrogens with zero attached hydrogens (tertiary/aromatic N) is 2. The summed E-state index contributed by atoms with van der Waals surface area (Å²) in [5, 5.41) is 35.5. The van der Waals surface area contributed by atoms with Gasteiger partial charge in [-0.3, -0.25) is 29.0 Å². The Bertz CT molecular complexity index is 591. The van der Waals surface area contributed by atoms with Crippen LogP contribution in [0, 0.1) is 0 Å². The van der Waals surface area contributed by atoms with Crippen LogP contribution in [0.15, 0.2) is 24.3 Å². The predicted octanol–water partition coefficient (Wildman–Crippen LogP) is -0.371. The molecule has 0 heterocycles. The second-order valence-electron chi connectivity index (χ2n) is 5.69. The first kappa shape index (κ1) is 21.1. The van der Waals surface area contributed by atoms with Crippen LogP contribution in [0.5, 0.6) is 0 Å². The van der Waals surface area contributed by atoms with Gasteiger partial charge in [0.25, 0.3) is 0 Å². The molecule has 26 heavy (non-hydrogen) atoms. The first-order valence-corrected chi connectivity index (χ1v) is 7.55. The van der Waals surface area contributed by atoms with E-state index in [1.54, 1.807) is 24.3 Å². The summed E-state index contributed by atoms with van der Waals surface area (Å²) in [4.78, 5) is 45.9. The number of hydrogen-bond donors (Lipinski definition) is 4. The van der Waals surface area contributed by atoms with E-state index < -0.39 is 50.1 Å². The van der Waals surface area contributed by atoms with Crippen molar-refractivity contribution in [1.82, 2.24) is 9.80 Å². The van der Waals surface area contributed by atoms with Crippen LogP contribution in [0.25, 0.3) is 0 Å². The van der Waals surface area contributed by atoms with Gasteiger partial charge < -0.3 is 20.4 Å². The van der Waals surface area contributed by atoms with Gasteiger partial charge in [-0.25, -0.2) is 0 Å². The van der Waals surface area contributed by atoms with Gasteiger partial charge in [0.05, 0.1) is 26.2 Å². The molecule has 0 spiro atoms. The van der Waals surface area contributed by atoms with E-state index in [1.165, 1.54) is 9.80 Å². The number of rotatable bonds is 12. The van der Waals surface area contributed by atoms with Crippen molar-refractivity contribution in [3.8, 4) is 0 Å². The summed E-state index contributed by atoms with van der Waals surface area (Å²) >= 11 is 0. The van der Waals surface area contributed by atoms with Crippen molar-refractivity contribution in [2.75, 3.05) is 26.2 Å². The Kier molecular flexibility index (Phi) is 8.19. The highest BCUT2D eigenvalue weighted by Gasteiger charge is 2.16. The summed E-state index contributed by atoms with van der Waals surface area (Å²) in [6.07, 6.45) is 0. The molecule has 0 bridgehead atoms. The molecule has 1 rings (SSSR count). The summed E-state index contributed by atoms with van der Waals surface area (Å²) in [5.41, 5.74) is 1.27. The molecule has 1 aromatic carbocycles. The lowest BCUT2D eigenvalue weighted by molar-refractivity contribution is -0.144. The average molecular weight is 368 g/mol. The van der Waals surface area contributed by atoms with E-state index in [2.05, 4.69) is 0 Å². The van der Waals surface area contributed by atoms with Crippen LogP contribution in [0.4, 0.5) is 0 Å². The maximum Gasteiger partial charge on any atom is 0.317 e. The Morgan fingerprint density at radius 2 is 0.962 bits per heavy atom. The fourth-order valence-electron chi connectivity index (χ4n) is 2.44. The zero-order chi connectivity index (χ0) is 19.7. The molecule has 0 radical (unpaired) electrons. The molecule has 0 aliphatic rings. The number of hydrogen-bond acceptors (Lipinski definition) is 6. The minimum Gasteiger partial charge on any atom is -0.480 e. The molecule has 0 aromatic heterocycles. The zero-order valence-electron chi connectivity index (χ0n) is 13.9. The van der Waals surface area contributed by atoms with Gasteiger partial charge in [-0.05, 0) is 11.1 Å². The third-order valence-electron chi connectivity index (χ3n) is 3.24. The minimum atomic E-state index is -1.16. The van der Waals surface area contributed by atoms with E-state index in [-0.39, 0.29) is 13.1 Å². The highest BCUT2D eigenvalue weighted by molar-refractivity contribution is 5.73. The minimum absolute atomic E-state index is 0.0737. The maximum atomic E-state index is 10.8. The van der Waals surface area contributed by atoms with Crippen LogP contribution in [-0.4, -0.2) is 80.3 Å². The molecule has 0 saturated heterocycles. The summed E-state index contributed by atoms with van der Waals surface area (Å²) in [6.45, 7) is -1.63. The van der Waals surface area contributed by atoms with Crippen molar-refractivity contribution >= 4 is 23.9 Å². The van der Waals surface area contributed by atoms with Gasteiger partial charge in [0.15, 0.2) is 0 Å². The second-order valence-corrected chi connectivity index (χ2v) is 5.69. The van der Waals surface area contributed by atoms with Crippen LogP contribution >= 0.6 is 0 Å². The molecule has 10 nitrogen and oxygen atoms in total. The monoisotopic (exact) mass is 368 g/mol. The fourth-order valence-corrected chi connectivity index (χ4v) is 2.44. The quantitative estimate of drug-likeness (QED) is 0.384. The van der Waals surface area contributed by atoms with Crippen molar-refractivity contribution in [2.45, 2.75) is 13.1 Å². The number of aliphatic carboxylic acids is 4. The maximum absolute atomic E-state index is 10.8. The third-order valence-corrected chi connectivity index (χ3v) is 3.24. The van der Waals surface area contributed by atoms with Gasteiger partial charge in [0.1, 0.15) is 0 Å². The molecule has 0 atom stereocenters. The molecule has 0 aliphatic carbocycles. The van der Waals surface area contributed by atoms with E-state index in [0.29, 0.717) is 11.1 Å². The molecular formula is C16H20N2O8. The average Bonchev–Trinajstić information content (AvgIpc) is 2.44. The van der Waals surface area contributed by atoms with Gasteiger partial charge >= 0.3 is 23.9 Å².